The quantitative estimate of drug-likeness (QED) is 0.602. The van der Waals surface area contributed by atoms with E-state index in [0.29, 0.717) is 5.92 Å². The van der Waals surface area contributed by atoms with Crippen molar-refractivity contribution in [3.63, 3.8) is 0 Å². The standard InChI is InChI=1S/C10H18O/c1-4-7-8-9(5-2)10(11)6-3/h3,9-11H,4-5,7-8H2,1-2H3/t9-,10-/m1/s1. The number of rotatable bonds is 5. The molecule has 0 spiro atoms. The first-order chi connectivity index (χ1) is 5.26. The van der Waals surface area contributed by atoms with E-state index >= 15 is 0 Å². The highest BCUT2D eigenvalue weighted by Crippen LogP contribution is 2.16. The fourth-order valence-corrected chi connectivity index (χ4v) is 1.19. The Morgan fingerprint density at radius 3 is 2.45 bits per heavy atom. The molecule has 0 aromatic rings. The van der Waals surface area contributed by atoms with E-state index in [1.54, 1.807) is 0 Å². The summed E-state index contributed by atoms with van der Waals surface area (Å²) in [6.45, 7) is 4.22. The topological polar surface area (TPSA) is 20.2 Å². The minimum atomic E-state index is -0.536. The molecule has 0 aliphatic carbocycles. The molecule has 64 valence electrons. The summed E-state index contributed by atoms with van der Waals surface area (Å²) in [5.74, 6) is 2.69. The van der Waals surface area contributed by atoms with Gasteiger partial charge in [0.25, 0.3) is 0 Å². The van der Waals surface area contributed by atoms with Crippen molar-refractivity contribution in [2.45, 2.75) is 45.6 Å². The van der Waals surface area contributed by atoms with E-state index < -0.39 is 6.10 Å². The molecule has 0 saturated heterocycles. The Balaban J connectivity index is 3.67. The Kier molecular flexibility index (Phi) is 5.97. The molecular formula is C10H18O. The van der Waals surface area contributed by atoms with Gasteiger partial charge in [0.05, 0.1) is 0 Å². The van der Waals surface area contributed by atoms with Crippen LogP contribution >= 0.6 is 0 Å². The predicted molar refractivity (Wildman–Crippen MR) is 48.1 cm³/mol. The van der Waals surface area contributed by atoms with E-state index in [2.05, 4.69) is 19.8 Å². The summed E-state index contributed by atoms with van der Waals surface area (Å²) < 4.78 is 0. The molecule has 1 heteroatoms. The van der Waals surface area contributed by atoms with E-state index in [1.807, 2.05) is 0 Å². The molecule has 0 aromatic heterocycles. The minimum absolute atomic E-state index is 0.306. The highest BCUT2D eigenvalue weighted by atomic mass is 16.3. The average Bonchev–Trinajstić information content (AvgIpc) is 2.05. The first-order valence-corrected chi connectivity index (χ1v) is 4.40. The average molecular weight is 154 g/mol. The lowest BCUT2D eigenvalue weighted by Gasteiger charge is -2.15. The first kappa shape index (κ1) is 10.5. The molecule has 0 fully saturated rings. The van der Waals surface area contributed by atoms with Gasteiger partial charge in [0.2, 0.25) is 0 Å². The number of hydrogen-bond acceptors (Lipinski definition) is 1. The van der Waals surface area contributed by atoms with Crippen LogP contribution in [0.4, 0.5) is 0 Å². The molecule has 0 unspecified atom stereocenters. The lowest BCUT2D eigenvalue weighted by molar-refractivity contribution is 0.150. The Bertz CT molecular complexity index is 123. The molecule has 0 rings (SSSR count). The normalized spacial score (nSPS) is 15.5. The summed E-state index contributed by atoms with van der Waals surface area (Å²) in [4.78, 5) is 0. The number of aliphatic hydroxyl groups is 1. The lowest BCUT2D eigenvalue weighted by atomic mass is 9.94. The van der Waals surface area contributed by atoms with Crippen molar-refractivity contribution in [3.05, 3.63) is 0 Å². The zero-order valence-electron chi connectivity index (χ0n) is 7.51. The second-order valence-corrected chi connectivity index (χ2v) is 2.92. The molecule has 0 amide bonds. The number of aliphatic hydroxyl groups excluding tert-OH is 1. The third-order valence-corrected chi connectivity index (χ3v) is 2.07. The molecule has 0 bridgehead atoms. The zero-order valence-corrected chi connectivity index (χ0v) is 7.51. The molecule has 2 atom stereocenters. The number of terminal acetylenes is 1. The Morgan fingerprint density at radius 1 is 1.45 bits per heavy atom. The largest absolute Gasteiger partial charge is 0.380 e. The van der Waals surface area contributed by atoms with Gasteiger partial charge in [-0.05, 0) is 18.8 Å². The molecule has 0 aliphatic heterocycles. The lowest BCUT2D eigenvalue weighted by Crippen LogP contribution is -2.17. The SMILES string of the molecule is C#C[C@@H](O)[C@H](CC)CCCC. The maximum Gasteiger partial charge on any atom is 0.117 e. The third kappa shape index (κ3) is 4.06. The van der Waals surface area contributed by atoms with Crippen LogP contribution in [0, 0.1) is 18.3 Å². The first-order valence-electron chi connectivity index (χ1n) is 4.40. The second kappa shape index (κ2) is 6.24. The van der Waals surface area contributed by atoms with Crippen LogP contribution in [0.3, 0.4) is 0 Å². The van der Waals surface area contributed by atoms with Gasteiger partial charge in [-0.2, -0.15) is 0 Å². The maximum absolute atomic E-state index is 9.31. The van der Waals surface area contributed by atoms with Crippen LogP contribution in [0.15, 0.2) is 0 Å². The summed E-state index contributed by atoms with van der Waals surface area (Å²) in [7, 11) is 0. The summed E-state index contributed by atoms with van der Waals surface area (Å²) in [5.41, 5.74) is 0. The summed E-state index contributed by atoms with van der Waals surface area (Å²) in [6, 6.07) is 0. The summed E-state index contributed by atoms with van der Waals surface area (Å²) in [6.07, 6.45) is 8.95. The fourth-order valence-electron chi connectivity index (χ4n) is 1.19. The van der Waals surface area contributed by atoms with Gasteiger partial charge < -0.3 is 5.11 Å². The van der Waals surface area contributed by atoms with Crippen LogP contribution in [0.1, 0.15) is 39.5 Å². The van der Waals surface area contributed by atoms with E-state index in [1.165, 1.54) is 6.42 Å². The zero-order chi connectivity index (χ0) is 8.69. The maximum atomic E-state index is 9.31. The molecule has 0 heterocycles. The van der Waals surface area contributed by atoms with Gasteiger partial charge in [-0.15, -0.1) is 6.42 Å². The van der Waals surface area contributed by atoms with Crippen molar-refractivity contribution in [1.82, 2.24) is 0 Å². The predicted octanol–water partition coefficient (Wildman–Crippen LogP) is 2.20. The number of hydrogen-bond donors (Lipinski definition) is 1. The van der Waals surface area contributed by atoms with Gasteiger partial charge >= 0.3 is 0 Å². The third-order valence-electron chi connectivity index (χ3n) is 2.07. The molecule has 1 nitrogen and oxygen atoms in total. The second-order valence-electron chi connectivity index (χ2n) is 2.92. The Labute approximate surface area is 69.8 Å². The molecule has 0 aliphatic rings. The van der Waals surface area contributed by atoms with Gasteiger partial charge in [0.1, 0.15) is 6.10 Å². The van der Waals surface area contributed by atoms with Gasteiger partial charge in [-0.25, -0.2) is 0 Å². The van der Waals surface area contributed by atoms with Crippen molar-refractivity contribution >= 4 is 0 Å². The van der Waals surface area contributed by atoms with Crippen molar-refractivity contribution < 1.29 is 5.11 Å². The van der Waals surface area contributed by atoms with Gasteiger partial charge in [0, 0.05) is 0 Å². The highest BCUT2D eigenvalue weighted by molar-refractivity contribution is 4.96. The van der Waals surface area contributed by atoms with E-state index in [-0.39, 0.29) is 0 Å². The molecule has 0 radical (unpaired) electrons. The van der Waals surface area contributed by atoms with Crippen LogP contribution in [0.2, 0.25) is 0 Å². The highest BCUT2D eigenvalue weighted by Gasteiger charge is 2.13. The van der Waals surface area contributed by atoms with Gasteiger partial charge in [-0.3, -0.25) is 0 Å². The van der Waals surface area contributed by atoms with Crippen molar-refractivity contribution in [2.24, 2.45) is 5.92 Å². The van der Waals surface area contributed by atoms with Crippen molar-refractivity contribution in [1.29, 1.82) is 0 Å². The van der Waals surface area contributed by atoms with Gasteiger partial charge in [0.15, 0.2) is 0 Å². The smallest absolute Gasteiger partial charge is 0.117 e. The van der Waals surface area contributed by atoms with Crippen LogP contribution in [0.5, 0.6) is 0 Å². The van der Waals surface area contributed by atoms with Crippen LogP contribution < -0.4 is 0 Å². The van der Waals surface area contributed by atoms with E-state index in [4.69, 9.17) is 6.42 Å². The van der Waals surface area contributed by atoms with Crippen molar-refractivity contribution in [2.75, 3.05) is 0 Å². The number of unbranched alkanes of at least 4 members (excludes halogenated alkanes) is 1. The molecule has 0 aromatic carbocycles. The monoisotopic (exact) mass is 154 g/mol. The van der Waals surface area contributed by atoms with Crippen LogP contribution in [-0.2, 0) is 0 Å². The van der Waals surface area contributed by atoms with E-state index in [0.717, 1.165) is 19.3 Å². The fraction of sp³-hybridized carbons (Fsp3) is 0.800. The Morgan fingerprint density at radius 2 is 2.09 bits per heavy atom. The molecule has 11 heavy (non-hydrogen) atoms. The summed E-state index contributed by atoms with van der Waals surface area (Å²) >= 11 is 0. The van der Waals surface area contributed by atoms with Crippen molar-refractivity contribution in [3.8, 4) is 12.3 Å². The van der Waals surface area contributed by atoms with Crippen LogP contribution in [0.25, 0.3) is 0 Å². The summed E-state index contributed by atoms with van der Waals surface area (Å²) in [5, 5.41) is 9.31. The molecular weight excluding hydrogens is 136 g/mol. The van der Waals surface area contributed by atoms with E-state index in [9.17, 15) is 5.11 Å². The molecule has 1 N–H and O–H groups in total. The van der Waals surface area contributed by atoms with Crippen LogP contribution in [-0.4, -0.2) is 11.2 Å². The minimum Gasteiger partial charge on any atom is -0.380 e. The van der Waals surface area contributed by atoms with Gasteiger partial charge in [-0.1, -0.05) is 32.6 Å². The Hall–Kier alpha value is -0.480. The molecule has 0 saturated carbocycles.